The summed E-state index contributed by atoms with van der Waals surface area (Å²) in [5.41, 5.74) is 5.01. The van der Waals surface area contributed by atoms with Gasteiger partial charge in [0.1, 0.15) is 11.5 Å². The van der Waals surface area contributed by atoms with Crippen molar-refractivity contribution in [3.63, 3.8) is 0 Å². The number of hydrogen-bond acceptors (Lipinski definition) is 11. The molecule has 2 rings (SSSR count). The zero-order valence-corrected chi connectivity index (χ0v) is 23.5. The van der Waals surface area contributed by atoms with E-state index in [1.807, 2.05) is 48.5 Å². The van der Waals surface area contributed by atoms with E-state index in [0.29, 0.717) is 24.5 Å². The molecule has 0 saturated heterocycles. The fourth-order valence-electron chi connectivity index (χ4n) is 2.08. The number of benzene rings is 2. The van der Waals surface area contributed by atoms with Gasteiger partial charge in [0.15, 0.2) is 0 Å². The van der Waals surface area contributed by atoms with E-state index in [1.165, 1.54) is 28.4 Å². The maximum atomic E-state index is 9.70. The highest BCUT2D eigenvalue weighted by atomic mass is 32.5. The monoisotopic (exact) mass is 569 g/mol. The summed E-state index contributed by atoms with van der Waals surface area (Å²) in [6.45, 7) is -4.99. The van der Waals surface area contributed by atoms with E-state index in [0.717, 1.165) is 9.79 Å². The van der Waals surface area contributed by atoms with Crippen LogP contribution in [0.3, 0.4) is 0 Å². The van der Waals surface area contributed by atoms with Crippen LogP contribution in [-0.4, -0.2) is 46.1 Å². The van der Waals surface area contributed by atoms with Crippen molar-refractivity contribution in [2.24, 2.45) is 5.73 Å². The predicted octanol–water partition coefficient (Wildman–Crippen LogP) is 5.44. The molecule has 2 aromatic rings. The fourth-order valence-corrected chi connectivity index (χ4v) is 4.77. The molecule has 0 amide bonds. The van der Waals surface area contributed by atoms with Gasteiger partial charge in [-0.1, -0.05) is 11.8 Å². The number of hydrogen-bond donors (Lipinski definition) is 2. The fraction of sp³-hybridized carbons (Fsp3) is 0.350. The lowest BCUT2D eigenvalue weighted by Crippen LogP contribution is -2.02. The second-order valence-corrected chi connectivity index (χ2v) is 13.6. The van der Waals surface area contributed by atoms with Gasteiger partial charge in [0.25, 0.3) is 0 Å². The van der Waals surface area contributed by atoms with Crippen molar-refractivity contribution in [2.75, 3.05) is 35.0 Å². The Morgan fingerprint density at radius 2 is 1.18 bits per heavy atom. The Morgan fingerprint density at radius 1 is 0.824 bits per heavy atom. The van der Waals surface area contributed by atoms with Crippen molar-refractivity contribution in [3.05, 3.63) is 48.5 Å². The molecule has 34 heavy (non-hydrogen) atoms. The van der Waals surface area contributed by atoms with Crippen LogP contribution in [0, 0.1) is 0 Å². The number of rotatable bonds is 13. The van der Waals surface area contributed by atoms with Gasteiger partial charge in [0.2, 0.25) is 0 Å². The van der Waals surface area contributed by atoms with Crippen molar-refractivity contribution in [2.45, 2.75) is 22.6 Å². The third kappa shape index (κ3) is 11.6. The van der Waals surface area contributed by atoms with Crippen LogP contribution in [0.15, 0.2) is 58.3 Å². The Kier molecular flexibility index (Phi) is 14.4. The highest BCUT2D eigenvalue weighted by Gasteiger charge is 2.19. The molecule has 0 bridgehead atoms. The Bertz CT molecular complexity index is 891. The second kappa shape index (κ2) is 15.9. The minimum absolute atomic E-state index is 0.191. The lowest BCUT2D eigenvalue weighted by molar-refractivity contribution is -0.137. The van der Waals surface area contributed by atoms with Crippen molar-refractivity contribution in [1.82, 2.24) is 0 Å². The number of carboxylic acid groups (broad SMARTS) is 1. The lowest BCUT2D eigenvalue weighted by atomic mass is 10.3. The van der Waals surface area contributed by atoms with Crippen LogP contribution in [-0.2, 0) is 46.5 Å². The molecule has 0 spiro atoms. The molecule has 0 saturated carbocycles. The summed E-state index contributed by atoms with van der Waals surface area (Å²) in [4.78, 5) is 11.8. The molecule has 9 nitrogen and oxygen atoms in total. The molecule has 0 aliphatic heterocycles. The van der Waals surface area contributed by atoms with Crippen molar-refractivity contribution in [1.29, 1.82) is 0 Å². The minimum Gasteiger partial charge on any atom is -0.481 e. The Morgan fingerprint density at radius 3 is 1.41 bits per heavy atom. The van der Waals surface area contributed by atoms with Gasteiger partial charge in [-0.15, -0.1) is 0 Å². The SMILES string of the molecule is COP(=S)(OC)Oc1ccc(Sc2ccc(OP(=S)(OC)OC)cc2)cc1.NCCCC(=O)O. The molecule has 14 heteroatoms. The zero-order valence-electron chi connectivity index (χ0n) is 19.2. The predicted molar refractivity (Wildman–Crippen MR) is 141 cm³/mol. The first-order chi connectivity index (χ1) is 16.1. The van der Waals surface area contributed by atoms with E-state index >= 15 is 0 Å². The normalized spacial score (nSPS) is 11.3. The molecule has 0 atom stereocenters. The van der Waals surface area contributed by atoms with Crippen LogP contribution in [0.2, 0.25) is 0 Å². The van der Waals surface area contributed by atoms with Crippen molar-refractivity contribution < 1.29 is 37.0 Å². The molecule has 0 unspecified atom stereocenters. The molecule has 0 heterocycles. The largest absolute Gasteiger partial charge is 0.481 e. The highest BCUT2D eigenvalue weighted by molar-refractivity contribution is 8.08. The summed E-state index contributed by atoms with van der Waals surface area (Å²) in [6, 6.07) is 15.0. The number of aliphatic carboxylic acids is 1. The molecule has 0 radical (unpaired) electrons. The Balaban J connectivity index is 0.000000718. The number of carboxylic acids is 1. The van der Waals surface area contributed by atoms with Gasteiger partial charge < -0.3 is 38.0 Å². The van der Waals surface area contributed by atoms with Gasteiger partial charge in [-0.25, -0.2) is 0 Å². The van der Waals surface area contributed by atoms with Gasteiger partial charge in [-0.3, -0.25) is 4.79 Å². The summed E-state index contributed by atoms with van der Waals surface area (Å²) in [7, 11) is 5.89. The Hall–Kier alpha value is -1.04. The highest BCUT2D eigenvalue weighted by Crippen LogP contribution is 2.49. The van der Waals surface area contributed by atoms with Gasteiger partial charge >= 0.3 is 19.4 Å². The van der Waals surface area contributed by atoms with Crippen LogP contribution >= 0.6 is 25.2 Å². The van der Waals surface area contributed by atoms with Crippen LogP contribution in [0.5, 0.6) is 11.5 Å². The number of carbonyl (C=O) groups is 1. The average Bonchev–Trinajstić information content (AvgIpc) is 2.85. The van der Waals surface area contributed by atoms with Gasteiger partial charge in [-0.05, 0) is 61.5 Å². The van der Waals surface area contributed by atoms with Gasteiger partial charge in [0, 0.05) is 68.3 Å². The maximum absolute atomic E-state index is 9.70. The van der Waals surface area contributed by atoms with Crippen LogP contribution in [0.25, 0.3) is 0 Å². The van der Waals surface area contributed by atoms with E-state index in [9.17, 15) is 4.79 Å². The first-order valence-electron chi connectivity index (χ1n) is 9.74. The van der Waals surface area contributed by atoms with Crippen LogP contribution in [0.1, 0.15) is 12.8 Å². The van der Waals surface area contributed by atoms with E-state index in [2.05, 4.69) is 0 Å². The molecule has 0 aliphatic carbocycles. The standard InChI is InChI=1S/C16H20O6P2S3.C4H9NO2/c1-17-23(25,18-2)21-13-5-9-15(10-6-13)27-16-11-7-14(8-12-16)22-24(26,19-3)20-4;5-3-1-2-4(6)7/h5-12H,1-4H3;1-3,5H2,(H,6,7). The summed E-state index contributed by atoms with van der Waals surface area (Å²) < 4.78 is 31.7. The third-order valence-corrected chi connectivity index (χ3v) is 9.72. The first kappa shape index (κ1) is 31.0. The summed E-state index contributed by atoms with van der Waals surface area (Å²) >= 11 is 12.0. The molecule has 0 fully saturated rings. The van der Waals surface area contributed by atoms with Crippen molar-refractivity contribution >= 4 is 54.8 Å². The lowest BCUT2D eigenvalue weighted by Gasteiger charge is -2.18. The molecule has 0 aliphatic rings. The zero-order chi connectivity index (χ0) is 25.6. The molecule has 190 valence electrons. The Labute approximate surface area is 214 Å². The van der Waals surface area contributed by atoms with E-state index in [-0.39, 0.29) is 6.42 Å². The molecular weight excluding hydrogens is 540 g/mol. The van der Waals surface area contributed by atoms with Crippen LogP contribution in [0.4, 0.5) is 0 Å². The quantitative estimate of drug-likeness (QED) is 0.299. The summed E-state index contributed by atoms with van der Waals surface area (Å²) in [5.74, 6) is 0.422. The van der Waals surface area contributed by atoms with Crippen molar-refractivity contribution in [3.8, 4) is 11.5 Å². The third-order valence-electron chi connectivity index (χ3n) is 3.81. The molecular formula is C20H29NO8P2S3. The van der Waals surface area contributed by atoms with Crippen LogP contribution < -0.4 is 14.8 Å². The topological polar surface area (TPSA) is 119 Å². The molecule has 3 N–H and O–H groups in total. The van der Waals surface area contributed by atoms with E-state index in [4.69, 9.17) is 61.6 Å². The molecule has 0 aromatic heterocycles. The van der Waals surface area contributed by atoms with E-state index in [1.54, 1.807) is 11.8 Å². The number of nitrogens with two attached hydrogens (primary N) is 1. The second-order valence-electron chi connectivity index (χ2n) is 6.14. The van der Waals surface area contributed by atoms with Gasteiger partial charge in [-0.2, -0.15) is 0 Å². The first-order valence-corrected chi connectivity index (χ1v) is 15.7. The molecule has 2 aromatic carbocycles. The summed E-state index contributed by atoms with van der Waals surface area (Å²) in [6.07, 6.45) is 0.770. The summed E-state index contributed by atoms with van der Waals surface area (Å²) in [5, 5.41) is 7.99. The van der Waals surface area contributed by atoms with E-state index < -0.39 is 19.4 Å². The average molecular weight is 570 g/mol. The smallest absolute Gasteiger partial charge is 0.380 e. The minimum atomic E-state index is -2.73. The van der Waals surface area contributed by atoms with Gasteiger partial charge in [0.05, 0.1) is 0 Å². The maximum Gasteiger partial charge on any atom is 0.380 e.